The van der Waals surface area contributed by atoms with Gasteiger partial charge in [-0.2, -0.15) is 0 Å². The summed E-state index contributed by atoms with van der Waals surface area (Å²) in [6.45, 7) is 48.9. The van der Waals surface area contributed by atoms with Crippen molar-refractivity contribution >= 4 is 0 Å². The molecule has 2 rings (SSSR count). The average Bonchev–Trinajstić information content (AvgIpc) is 2.83. The van der Waals surface area contributed by atoms with Crippen molar-refractivity contribution in [2.75, 3.05) is 0 Å². The van der Waals surface area contributed by atoms with Gasteiger partial charge in [0.05, 0.1) is 0 Å². The highest BCUT2D eigenvalue weighted by Crippen LogP contribution is 2.20. The van der Waals surface area contributed by atoms with Crippen LogP contribution in [-0.2, 0) is 5.41 Å². The third kappa shape index (κ3) is 127. The van der Waals surface area contributed by atoms with Crippen molar-refractivity contribution in [1.82, 2.24) is 0 Å². The fraction of sp³-hybridized carbons (Fsp3) is 0.692. The van der Waals surface area contributed by atoms with Gasteiger partial charge in [-0.05, 0) is 27.2 Å². The van der Waals surface area contributed by atoms with Gasteiger partial charge in [-0.3, -0.25) is 0 Å². The zero-order valence-electron chi connectivity index (χ0n) is 31.9. The summed E-state index contributed by atoms with van der Waals surface area (Å²) in [4.78, 5) is 0. The lowest BCUT2D eigenvalue weighted by Gasteiger charge is -2.18. The van der Waals surface area contributed by atoms with Gasteiger partial charge in [-0.1, -0.05) is 226 Å². The zero-order valence-corrected chi connectivity index (χ0v) is 31.9. The molecule has 0 aliphatic rings. The summed E-state index contributed by atoms with van der Waals surface area (Å²) in [6, 6.07) is 22.6. The van der Waals surface area contributed by atoms with Crippen LogP contribution in [0.15, 0.2) is 66.7 Å². The lowest BCUT2D eigenvalue weighted by molar-refractivity contribution is 0.469. The van der Waals surface area contributed by atoms with Crippen molar-refractivity contribution in [2.45, 2.75) is 165 Å². The molecule has 2 aromatic carbocycles. The number of hydrogen-bond donors (Lipinski definition) is 0. The summed E-state index contributed by atoms with van der Waals surface area (Å²) >= 11 is 0. The molecule has 0 heterocycles. The van der Waals surface area contributed by atoms with E-state index in [2.05, 4.69) is 134 Å². The van der Waals surface area contributed by atoms with Gasteiger partial charge in [0.2, 0.25) is 0 Å². The van der Waals surface area contributed by atoms with Crippen molar-refractivity contribution in [3.63, 3.8) is 0 Å². The van der Waals surface area contributed by atoms with Crippen LogP contribution in [0.1, 0.15) is 165 Å². The minimum Gasteiger partial charge on any atom is -0.0683 e. The van der Waals surface area contributed by atoms with Crippen molar-refractivity contribution < 1.29 is 0 Å². The average molecular weight is 549 g/mol. The molecule has 0 radical (unpaired) electrons. The molecule has 0 heteroatoms. The maximum atomic E-state index is 2.22. The fourth-order valence-electron chi connectivity index (χ4n) is 1.32. The van der Waals surface area contributed by atoms with Gasteiger partial charge >= 0.3 is 0 Å². The van der Waals surface area contributed by atoms with Crippen molar-refractivity contribution in [1.29, 1.82) is 0 Å². The zero-order chi connectivity index (χ0) is 33.4. The molecule has 0 aliphatic carbocycles. The van der Waals surface area contributed by atoms with Crippen LogP contribution in [-0.4, -0.2) is 0 Å². The molecule has 0 saturated carbocycles. The van der Waals surface area contributed by atoms with Gasteiger partial charge in [-0.15, -0.1) is 0 Å². The Hall–Kier alpha value is -1.56. The predicted octanol–water partition coefficient (Wildman–Crippen LogP) is 14.9. The smallest absolute Gasteiger partial charge is 0.0132 e. The SMILES string of the molecule is CC.CC.CC.CC.CC(C)(C)C.CC(C)(C)C.CC(C)(C)C.CC(C)(C)c1ccccc1.c1ccccc1. The van der Waals surface area contributed by atoms with Crippen LogP contribution >= 0.6 is 0 Å². The first-order valence-corrected chi connectivity index (χ1v) is 15.7. The summed E-state index contributed by atoms with van der Waals surface area (Å²) in [6.07, 6.45) is 0. The Balaban J connectivity index is -0.0000000632. The molecule has 0 bridgehead atoms. The van der Waals surface area contributed by atoms with Crippen molar-refractivity contribution in [3.8, 4) is 0 Å². The van der Waals surface area contributed by atoms with E-state index < -0.39 is 0 Å². The predicted molar refractivity (Wildman–Crippen MR) is 192 cm³/mol. The van der Waals surface area contributed by atoms with Gasteiger partial charge in [0.15, 0.2) is 0 Å². The van der Waals surface area contributed by atoms with Gasteiger partial charge in [-0.25, -0.2) is 0 Å². The Kier molecular flexibility index (Phi) is 47.4. The van der Waals surface area contributed by atoms with Crippen LogP contribution < -0.4 is 0 Å². The number of rotatable bonds is 0. The largest absolute Gasteiger partial charge is 0.0683 e. The summed E-state index contributed by atoms with van der Waals surface area (Å²) < 4.78 is 0. The Labute approximate surface area is 252 Å². The summed E-state index contributed by atoms with van der Waals surface area (Å²) in [7, 11) is 0. The van der Waals surface area contributed by atoms with Crippen LogP contribution in [0, 0.1) is 16.2 Å². The minimum absolute atomic E-state index is 0.293. The molecule has 39 heavy (non-hydrogen) atoms. The van der Waals surface area contributed by atoms with Gasteiger partial charge < -0.3 is 0 Å². The molecule has 0 unspecified atom stereocenters. The molecule has 0 nitrogen and oxygen atoms in total. The molecule has 2 aromatic rings. The molecule has 0 amide bonds. The molecular weight excluding hydrogens is 468 g/mol. The Morgan fingerprint density at radius 2 is 0.410 bits per heavy atom. The van der Waals surface area contributed by atoms with Gasteiger partial charge in [0.25, 0.3) is 0 Å². The molecule has 0 aromatic heterocycles. The topological polar surface area (TPSA) is 0 Å². The van der Waals surface area contributed by atoms with E-state index in [0.29, 0.717) is 21.7 Å². The third-order valence-corrected chi connectivity index (χ3v) is 2.31. The Morgan fingerprint density at radius 3 is 0.513 bits per heavy atom. The third-order valence-electron chi connectivity index (χ3n) is 2.31. The summed E-state index contributed by atoms with van der Waals surface area (Å²) in [5, 5.41) is 0. The quantitative estimate of drug-likeness (QED) is 0.307. The van der Waals surface area contributed by atoms with Crippen molar-refractivity contribution in [3.05, 3.63) is 72.3 Å². The standard InChI is InChI=1S/C10H14.C6H6.3C5H12.4C2H6/c1-10(2,3)9-7-5-4-6-8-9;1-2-4-6-5-3-1;3*1-5(2,3)4;4*1-2/h4-8H,1-3H3;1-6H;3*1-4H3;4*1-2H3. The lowest BCUT2D eigenvalue weighted by Crippen LogP contribution is -2.10. The Bertz CT molecular complexity index is 520. The number of hydrogen-bond acceptors (Lipinski definition) is 0. The van der Waals surface area contributed by atoms with E-state index >= 15 is 0 Å². The van der Waals surface area contributed by atoms with E-state index in [1.807, 2.05) is 91.8 Å². The molecular formula is C39H80. The van der Waals surface area contributed by atoms with Crippen molar-refractivity contribution in [2.24, 2.45) is 16.2 Å². The van der Waals surface area contributed by atoms with Crippen LogP contribution in [0.2, 0.25) is 0 Å². The monoisotopic (exact) mass is 549 g/mol. The van der Waals surface area contributed by atoms with Crippen LogP contribution in [0.5, 0.6) is 0 Å². The van der Waals surface area contributed by atoms with Crippen LogP contribution in [0.25, 0.3) is 0 Å². The first kappa shape index (κ1) is 53.7. The first-order valence-electron chi connectivity index (χ1n) is 15.7. The van der Waals surface area contributed by atoms with E-state index in [4.69, 9.17) is 0 Å². The molecule has 236 valence electrons. The first-order chi connectivity index (χ1) is 17.6. The highest BCUT2D eigenvalue weighted by molar-refractivity contribution is 5.21. The molecule has 0 N–H and O–H groups in total. The fourth-order valence-corrected chi connectivity index (χ4v) is 1.32. The van der Waals surface area contributed by atoms with Gasteiger partial charge in [0, 0.05) is 0 Å². The normalized spacial score (nSPS) is 9.41. The maximum absolute atomic E-state index is 2.22. The Morgan fingerprint density at radius 1 is 0.282 bits per heavy atom. The van der Waals surface area contributed by atoms with E-state index in [-0.39, 0.29) is 0 Å². The molecule has 0 fully saturated rings. The number of benzene rings is 2. The second-order valence-corrected chi connectivity index (χ2v) is 13.8. The van der Waals surface area contributed by atoms with Gasteiger partial charge in [0.1, 0.15) is 0 Å². The lowest BCUT2D eigenvalue weighted by atomic mass is 9.87. The van der Waals surface area contributed by atoms with Crippen LogP contribution in [0.4, 0.5) is 0 Å². The summed E-state index contributed by atoms with van der Waals surface area (Å²) in [5.41, 5.74) is 3.19. The molecule has 0 atom stereocenters. The molecule has 0 saturated heterocycles. The highest BCUT2D eigenvalue weighted by Gasteiger charge is 2.11. The summed E-state index contributed by atoms with van der Waals surface area (Å²) in [5.74, 6) is 0. The van der Waals surface area contributed by atoms with E-state index in [0.717, 1.165) is 0 Å². The minimum atomic E-state index is 0.293. The maximum Gasteiger partial charge on any atom is -0.0132 e. The van der Waals surface area contributed by atoms with E-state index in [1.54, 1.807) is 0 Å². The van der Waals surface area contributed by atoms with Crippen LogP contribution in [0.3, 0.4) is 0 Å². The molecule has 0 spiro atoms. The highest BCUT2D eigenvalue weighted by atomic mass is 14.2. The van der Waals surface area contributed by atoms with E-state index in [9.17, 15) is 0 Å². The van der Waals surface area contributed by atoms with E-state index in [1.165, 1.54) is 5.56 Å². The second-order valence-electron chi connectivity index (χ2n) is 13.8. The molecule has 0 aliphatic heterocycles. The second kappa shape index (κ2) is 34.5.